The summed E-state index contributed by atoms with van der Waals surface area (Å²) in [6.07, 6.45) is -4.04. The summed E-state index contributed by atoms with van der Waals surface area (Å²) < 4.78 is 37.5. The summed E-state index contributed by atoms with van der Waals surface area (Å²) in [5.41, 5.74) is 2.07. The van der Waals surface area contributed by atoms with Gasteiger partial charge in [-0.05, 0) is 12.1 Å². The summed E-state index contributed by atoms with van der Waals surface area (Å²) in [5, 5.41) is 13.2. The van der Waals surface area contributed by atoms with Gasteiger partial charge >= 0.3 is 6.30 Å². The lowest BCUT2D eigenvalue weighted by atomic mass is 10.3. The van der Waals surface area contributed by atoms with Gasteiger partial charge in [0.1, 0.15) is 17.8 Å². The molecule has 0 fully saturated rings. The Morgan fingerprint density at radius 2 is 1.94 bits per heavy atom. The van der Waals surface area contributed by atoms with Crippen molar-refractivity contribution in [3.8, 4) is 5.75 Å². The number of nitrogens with one attached hydrogen (secondary N) is 1. The van der Waals surface area contributed by atoms with Crippen LogP contribution in [0.2, 0.25) is 0 Å². The Balaban J connectivity index is 2.33. The molecule has 0 aromatic heterocycles. The van der Waals surface area contributed by atoms with Crippen molar-refractivity contribution in [1.82, 2.24) is 10.5 Å². The SMILES string of the molecule is Oc1ccccc1N1NN=CN1C(F)(F)F. The fourth-order valence-corrected chi connectivity index (χ4v) is 1.23. The first-order valence-corrected chi connectivity index (χ1v) is 4.23. The van der Waals surface area contributed by atoms with E-state index in [1.807, 2.05) is 0 Å². The molecule has 86 valence electrons. The van der Waals surface area contributed by atoms with Crippen LogP contribution in [0.25, 0.3) is 0 Å². The first-order valence-electron chi connectivity index (χ1n) is 4.23. The minimum absolute atomic E-state index is 0.0441. The van der Waals surface area contributed by atoms with E-state index in [1.54, 1.807) is 0 Å². The Labute approximate surface area is 88.3 Å². The van der Waals surface area contributed by atoms with E-state index in [9.17, 15) is 18.3 Å². The second kappa shape index (κ2) is 3.47. The second-order valence-electron chi connectivity index (χ2n) is 2.96. The predicted molar refractivity (Wildman–Crippen MR) is 50.1 cm³/mol. The molecule has 2 rings (SSSR count). The molecule has 1 aromatic rings. The van der Waals surface area contributed by atoms with Crippen LogP contribution in [-0.4, -0.2) is 22.8 Å². The molecule has 0 saturated carbocycles. The van der Waals surface area contributed by atoms with Gasteiger partial charge in [0, 0.05) is 0 Å². The van der Waals surface area contributed by atoms with E-state index in [2.05, 4.69) is 10.6 Å². The first kappa shape index (κ1) is 10.4. The van der Waals surface area contributed by atoms with E-state index in [1.165, 1.54) is 24.3 Å². The Kier molecular flexibility index (Phi) is 2.26. The van der Waals surface area contributed by atoms with Crippen molar-refractivity contribution < 1.29 is 18.3 Å². The van der Waals surface area contributed by atoms with Crippen molar-refractivity contribution in [2.45, 2.75) is 6.30 Å². The number of anilines is 1. The largest absolute Gasteiger partial charge is 0.506 e. The highest BCUT2D eigenvalue weighted by Gasteiger charge is 2.43. The van der Waals surface area contributed by atoms with Crippen LogP contribution >= 0.6 is 0 Å². The number of phenolic OH excluding ortho intramolecular Hbond substituents is 1. The van der Waals surface area contributed by atoms with Gasteiger partial charge in [-0.1, -0.05) is 12.1 Å². The van der Waals surface area contributed by atoms with Crippen LogP contribution in [0.4, 0.5) is 18.9 Å². The standard InChI is InChI=1S/C8H7F3N4O/c9-8(10,11)14-5-12-13-15(14)6-3-1-2-4-7(6)16/h1-5,13,16H. The highest BCUT2D eigenvalue weighted by atomic mass is 19.4. The van der Waals surface area contributed by atoms with Crippen molar-refractivity contribution in [2.75, 3.05) is 5.12 Å². The summed E-state index contributed by atoms with van der Waals surface area (Å²) in [5.74, 6) is -0.283. The number of rotatable bonds is 1. The molecule has 0 aliphatic carbocycles. The van der Waals surface area contributed by atoms with E-state index in [-0.39, 0.29) is 16.4 Å². The van der Waals surface area contributed by atoms with E-state index in [4.69, 9.17) is 0 Å². The van der Waals surface area contributed by atoms with Crippen LogP contribution in [0.3, 0.4) is 0 Å². The van der Waals surface area contributed by atoms with Gasteiger partial charge in [-0.2, -0.15) is 15.7 Å². The molecule has 0 radical (unpaired) electrons. The van der Waals surface area contributed by atoms with Crippen LogP contribution in [0.15, 0.2) is 29.4 Å². The number of alkyl halides is 3. The van der Waals surface area contributed by atoms with Gasteiger partial charge < -0.3 is 5.11 Å². The molecule has 0 amide bonds. The zero-order valence-electron chi connectivity index (χ0n) is 7.81. The van der Waals surface area contributed by atoms with Crippen molar-refractivity contribution in [3.63, 3.8) is 0 Å². The van der Waals surface area contributed by atoms with Gasteiger partial charge in [-0.15, -0.1) is 18.3 Å². The fourth-order valence-electron chi connectivity index (χ4n) is 1.23. The third kappa shape index (κ3) is 1.69. The average molecular weight is 232 g/mol. The Morgan fingerprint density at radius 3 is 2.56 bits per heavy atom. The van der Waals surface area contributed by atoms with Crippen LogP contribution in [0, 0.1) is 0 Å². The summed E-state index contributed by atoms with van der Waals surface area (Å²) in [7, 11) is 0. The van der Waals surface area contributed by atoms with Gasteiger partial charge in [0.05, 0.1) is 0 Å². The zero-order valence-corrected chi connectivity index (χ0v) is 7.81. The summed E-state index contributed by atoms with van der Waals surface area (Å²) >= 11 is 0. The number of nitrogens with zero attached hydrogens (tertiary/aromatic N) is 3. The molecule has 1 aliphatic heterocycles. The fraction of sp³-hybridized carbons (Fsp3) is 0.125. The monoisotopic (exact) mass is 232 g/mol. The van der Waals surface area contributed by atoms with Gasteiger partial charge in [0.2, 0.25) is 0 Å². The normalized spacial score (nSPS) is 15.4. The van der Waals surface area contributed by atoms with Gasteiger partial charge in [-0.25, -0.2) is 0 Å². The lowest BCUT2D eigenvalue weighted by molar-refractivity contribution is -0.218. The highest BCUT2D eigenvalue weighted by Crippen LogP contribution is 2.31. The number of benzene rings is 1. The minimum atomic E-state index is -4.62. The van der Waals surface area contributed by atoms with Crippen molar-refractivity contribution in [1.29, 1.82) is 0 Å². The molecule has 1 aromatic carbocycles. The molecule has 0 spiro atoms. The third-order valence-corrected chi connectivity index (χ3v) is 1.90. The number of halogens is 3. The van der Waals surface area contributed by atoms with Gasteiger partial charge in [0.15, 0.2) is 0 Å². The second-order valence-corrected chi connectivity index (χ2v) is 2.96. The molecular weight excluding hydrogens is 225 g/mol. The van der Waals surface area contributed by atoms with Crippen molar-refractivity contribution >= 4 is 12.0 Å². The topological polar surface area (TPSA) is 51.1 Å². The summed E-state index contributed by atoms with van der Waals surface area (Å²) in [6, 6.07) is 5.62. The van der Waals surface area contributed by atoms with E-state index >= 15 is 0 Å². The summed E-state index contributed by atoms with van der Waals surface area (Å²) in [4.78, 5) is 0. The Hall–Kier alpha value is -2.12. The van der Waals surface area contributed by atoms with E-state index < -0.39 is 6.30 Å². The molecule has 0 saturated heterocycles. The van der Waals surface area contributed by atoms with Crippen LogP contribution in [0.1, 0.15) is 0 Å². The minimum Gasteiger partial charge on any atom is -0.506 e. The number of hydrogen-bond donors (Lipinski definition) is 2. The maximum Gasteiger partial charge on any atom is 0.505 e. The molecule has 5 nitrogen and oxygen atoms in total. The maximum atomic E-state index is 12.5. The van der Waals surface area contributed by atoms with Gasteiger partial charge in [0.25, 0.3) is 0 Å². The molecule has 0 atom stereocenters. The Bertz CT molecular complexity index is 420. The lowest BCUT2D eigenvalue weighted by Crippen LogP contribution is -2.50. The average Bonchev–Trinajstić information content (AvgIpc) is 2.66. The number of phenols is 1. The Morgan fingerprint density at radius 1 is 1.25 bits per heavy atom. The predicted octanol–water partition coefficient (Wildman–Crippen LogP) is 1.40. The molecule has 1 aliphatic rings. The molecule has 1 heterocycles. The van der Waals surface area contributed by atoms with E-state index in [0.29, 0.717) is 11.5 Å². The third-order valence-electron chi connectivity index (χ3n) is 1.90. The molecule has 2 N–H and O–H groups in total. The number of para-hydroxylation sites is 2. The smallest absolute Gasteiger partial charge is 0.505 e. The molecule has 16 heavy (non-hydrogen) atoms. The number of hydrazone groups is 1. The zero-order chi connectivity index (χ0) is 11.8. The molecule has 0 unspecified atom stereocenters. The van der Waals surface area contributed by atoms with Crippen molar-refractivity contribution in [2.24, 2.45) is 5.10 Å². The molecular formula is C8H7F3N4O. The van der Waals surface area contributed by atoms with Gasteiger partial charge in [-0.3, -0.25) is 0 Å². The highest BCUT2D eigenvalue weighted by molar-refractivity contribution is 5.66. The van der Waals surface area contributed by atoms with Crippen LogP contribution in [0.5, 0.6) is 5.75 Å². The summed E-state index contributed by atoms with van der Waals surface area (Å²) in [6.45, 7) is 0. The maximum absolute atomic E-state index is 12.5. The quantitative estimate of drug-likeness (QED) is 0.718. The van der Waals surface area contributed by atoms with Crippen LogP contribution in [-0.2, 0) is 0 Å². The van der Waals surface area contributed by atoms with Crippen LogP contribution < -0.4 is 10.7 Å². The number of hydrazine groups is 2. The lowest BCUT2D eigenvalue weighted by Gasteiger charge is -2.29. The molecule has 0 bridgehead atoms. The van der Waals surface area contributed by atoms with E-state index in [0.717, 1.165) is 0 Å². The number of hydrogen-bond acceptors (Lipinski definition) is 5. The first-order chi connectivity index (χ1) is 7.50. The molecule has 8 heteroatoms. The number of aromatic hydroxyl groups is 1. The van der Waals surface area contributed by atoms with Crippen molar-refractivity contribution in [3.05, 3.63) is 24.3 Å².